The highest BCUT2D eigenvalue weighted by molar-refractivity contribution is 7.03. The molecular weight excluding hydrogens is 272 g/mol. The highest BCUT2D eigenvalue weighted by Gasteiger charge is 2.13. The third kappa shape index (κ3) is 3.63. The van der Waals surface area contributed by atoms with Gasteiger partial charge in [0.05, 0.1) is 12.6 Å². The van der Waals surface area contributed by atoms with Crippen LogP contribution in [0.4, 0.5) is 0 Å². The van der Waals surface area contributed by atoms with Crippen molar-refractivity contribution in [2.24, 2.45) is 5.73 Å². The summed E-state index contributed by atoms with van der Waals surface area (Å²) in [5, 5.41) is 8.23. The zero-order valence-corrected chi connectivity index (χ0v) is 11.8. The van der Waals surface area contributed by atoms with E-state index in [-0.39, 0.29) is 11.9 Å². The summed E-state index contributed by atoms with van der Waals surface area (Å²) in [5.74, 6) is 5.55. The molecule has 5 nitrogen and oxygen atoms in total. The maximum absolute atomic E-state index is 11.9. The Kier molecular flexibility index (Phi) is 4.82. The molecule has 1 unspecified atom stereocenters. The topological polar surface area (TPSA) is 80.9 Å². The van der Waals surface area contributed by atoms with Crippen LogP contribution in [0.5, 0.6) is 0 Å². The molecule has 2 rings (SSSR count). The van der Waals surface area contributed by atoms with Crippen LogP contribution in [0, 0.1) is 11.8 Å². The molecule has 0 aliphatic heterocycles. The van der Waals surface area contributed by atoms with Crippen LogP contribution in [0.1, 0.15) is 34.6 Å². The molecule has 1 atom stereocenters. The number of carbonyl (C=O) groups excluding carboxylic acids is 1. The number of nitrogens with zero attached hydrogens (tertiary/aromatic N) is 2. The molecule has 1 aromatic heterocycles. The predicted octanol–water partition coefficient (Wildman–Crippen LogP) is 1.34. The maximum Gasteiger partial charge on any atom is 0.273 e. The summed E-state index contributed by atoms with van der Waals surface area (Å²) in [7, 11) is 0. The highest BCUT2D eigenvalue weighted by Crippen LogP contribution is 2.14. The average Bonchev–Trinajstić information content (AvgIpc) is 2.99. The van der Waals surface area contributed by atoms with E-state index in [0.717, 1.165) is 22.7 Å². The minimum Gasteiger partial charge on any atom is -0.344 e. The zero-order chi connectivity index (χ0) is 14.4. The zero-order valence-electron chi connectivity index (χ0n) is 11.0. The summed E-state index contributed by atoms with van der Waals surface area (Å²) >= 11 is 1.15. The first kappa shape index (κ1) is 14.2. The van der Waals surface area contributed by atoms with Crippen LogP contribution in [-0.4, -0.2) is 22.0 Å². The summed E-state index contributed by atoms with van der Waals surface area (Å²) < 4.78 is 3.67. The first-order valence-electron chi connectivity index (χ1n) is 6.07. The Labute approximate surface area is 121 Å². The normalized spacial score (nSPS) is 11.3. The Balaban J connectivity index is 2.09. The van der Waals surface area contributed by atoms with Crippen molar-refractivity contribution in [1.29, 1.82) is 0 Å². The van der Waals surface area contributed by atoms with Crippen molar-refractivity contribution in [2.45, 2.75) is 13.0 Å². The quantitative estimate of drug-likeness (QED) is 0.834. The molecule has 0 fully saturated rings. The molecule has 2 aromatic rings. The molecule has 0 saturated heterocycles. The Morgan fingerprint density at radius 1 is 1.55 bits per heavy atom. The van der Waals surface area contributed by atoms with Crippen LogP contribution in [0.15, 0.2) is 29.6 Å². The second kappa shape index (κ2) is 6.80. The first-order chi connectivity index (χ1) is 9.70. The van der Waals surface area contributed by atoms with Crippen LogP contribution in [0.2, 0.25) is 0 Å². The summed E-state index contributed by atoms with van der Waals surface area (Å²) in [6, 6.07) is 7.56. The molecule has 6 heteroatoms. The van der Waals surface area contributed by atoms with Gasteiger partial charge in [-0.05, 0) is 36.2 Å². The van der Waals surface area contributed by atoms with E-state index in [1.165, 1.54) is 0 Å². The second-order valence-electron chi connectivity index (χ2n) is 4.12. The minimum absolute atomic E-state index is 0.135. The van der Waals surface area contributed by atoms with Crippen molar-refractivity contribution in [2.75, 3.05) is 6.54 Å². The number of aromatic nitrogens is 2. The van der Waals surface area contributed by atoms with E-state index >= 15 is 0 Å². The van der Waals surface area contributed by atoms with Gasteiger partial charge in [-0.25, -0.2) is 0 Å². The Morgan fingerprint density at radius 2 is 2.40 bits per heavy atom. The van der Waals surface area contributed by atoms with Gasteiger partial charge in [-0.15, -0.1) is 5.10 Å². The molecule has 20 heavy (non-hydrogen) atoms. The van der Waals surface area contributed by atoms with E-state index < -0.39 is 0 Å². The van der Waals surface area contributed by atoms with Gasteiger partial charge >= 0.3 is 0 Å². The lowest BCUT2D eigenvalue weighted by atomic mass is 10.1. The fraction of sp³-hybridized carbons (Fsp3) is 0.214. The third-order valence-corrected chi connectivity index (χ3v) is 3.17. The van der Waals surface area contributed by atoms with Gasteiger partial charge in [0, 0.05) is 10.9 Å². The number of benzene rings is 1. The van der Waals surface area contributed by atoms with Gasteiger partial charge in [-0.1, -0.05) is 28.5 Å². The Hall–Kier alpha value is -2.23. The van der Waals surface area contributed by atoms with E-state index in [9.17, 15) is 4.79 Å². The Morgan fingerprint density at radius 3 is 3.10 bits per heavy atom. The van der Waals surface area contributed by atoms with Crippen molar-refractivity contribution >= 4 is 17.4 Å². The fourth-order valence-electron chi connectivity index (χ4n) is 1.66. The van der Waals surface area contributed by atoms with Crippen LogP contribution in [-0.2, 0) is 0 Å². The standard InChI is InChI=1S/C14H14N4OS/c1-10(16-14(19)13-9-20-18-17-13)12-6-2-4-11(8-12)5-3-7-15/h2,4,6,8-10H,7,15H2,1H3,(H,16,19). The number of hydrogen-bond donors (Lipinski definition) is 2. The van der Waals surface area contributed by atoms with Crippen LogP contribution in [0.25, 0.3) is 0 Å². The first-order valence-corrected chi connectivity index (χ1v) is 6.91. The van der Waals surface area contributed by atoms with Crippen molar-refractivity contribution in [3.63, 3.8) is 0 Å². The number of rotatable bonds is 3. The SMILES string of the molecule is CC(NC(=O)c1csnn1)c1cccc(C#CCN)c1. The Bertz CT molecular complexity index is 643. The van der Waals surface area contributed by atoms with E-state index in [1.807, 2.05) is 31.2 Å². The minimum atomic E-state index is -0.232. The van der Waals surface area contributed by atoms with Crippen molar-refractivity contribution in [3.05, 3.63) is 46.5 Å². The summed E-state index contributed by atoms with van der Waals surface area (Å²) in [4.78, 5) is 11.9. The molecule has 3 N–H and O–H groups in total. The van der Waals surface area contributed by atoms with Crippen molar-refractivity contribution < 1.29 is 4.79 Å². The van der Waals surface area contributed by atoms with Crippen molar-refractivity contribution in [1.82, 2.24) is 14.9 Å². The molecule has 102 valence electrons. The summed E-state index contributed by atoms with van der Waals surface area (Å²) in [6.45, 7) is 2.24. The van der Waals surface area contributed by atoms with Gasteiger partial charge in [0.15, 0.2) is 5.69 Å². The molecule has 0 spiro atoms. The summed E-state index contributed by atoms with van der Waals surface area (Å²) in [5.41, 5.74) is 7.54. The number of amides is 1. The number of nitrogens with two attached hydrogens (primary N) is 1. The van der Waals surface area contributed by atoms with Gasteiger partial charge in [-0.2, -0.15) is 0 Å². The maximum atomic E-state index is 11.9. The lowest BCUT2D eigenvalue weighted by Gasteiger charge is -2.13. The second-order valence-corrected chi connectivity index (χ2v) is 4.73. The highest BCUT2D eigenvalue weighted by atomic mass is 32.1. The summed E-state index contributed by atoms with van der Waals surface area (Å²) in [6.07, 6.45) is 0. The predicted molar refractivity (Wildman–Crippen MR) is 78.2 cm³/mol. The van der Waals surface area contributed by atoms with E-state index in [0.29, 0.717) is 12.2 Å². The van der Waals surface area contributed by atoms with Crippen molar-refractivity contribution in [3.8, 4) is 11.8 Å². The lowest BCUT2D eigenvalue weighted by Crippen LogP contribution is -2.26. The lowest BCUT2D eigenvalue weighted by molar-refractivity contribution is 0.0935. The van der Waals surface area contributed by atoms with E-state index in [4.69, 9.17) is 5.73 Å². The molecule has 0 aliphatic rings. The largest absolute Gasteiger partial charge is 0.344 e. The number of carbonyl (C=O) groups is 1. The van der Waals surface area contributed by atoms with E-state index in [2.05, 4.69) is 26.7 Å². The number of nitrogens with one attached hydrogen (secondary N) is 1. The molecule has 0 bridgehead atoms. The van der Waals surface area contributed by atoms with E-state index in [1.54, 1.807) is 5.38 Å². The van der Waals surface area contributed by atoms with Crippen LogP contribution >= 0.6 is 11.5 Å². The van der Waals surface area contributed by atoms with Gasteiger partial charge < -0.3 is 11.1 Å². The van der Waals surface area contributed by atoms with Crippen LogP contribution in [0.3, 0.4) is 0 Å². The third-order valence-electron chi connectivity index (χ3n) is 2.66. The van der Waals surface area contributed by atoms with Gasteiger partial charge in [-0.3, -0.25) is 4.79 Å². The van der Waals surface area contributed by atoms with Crippen LogP contribution < -0.4 is 11.1 Å². The molecule has 0 saturated carbocycles. The monoisotopic (exact) mass is 286 g/mol. The fourth-order valence-corrected chi connectivity index (χ4v) is 2.09. The molecule has 1 aromatic carbocycles. The molecule has 1 amide bonds. The molecular formula is C14H14N4OS. The van der Waals surface area contributed by atoms with Gasteiger partial charge in [0.2, 0.25) is 0 Å². The average molecular weight is 286 g/mol. The molecule has 0 aliphatic carbocycles. The molecule has 0 radical (unpaired) electrons. The number of hydrogen-bond acceptors (Lipinski definition) is 5. The van der Waals surface area contributed by atoms with Gasteiger partial charge in [0.25, 0.3) is 5.91 Å². The molecule has 1 heterocycles. The smallest absolute Gasteiger partial charge is 0.273 e. The van der Waals surface area contributed by atoms with Gasteiger partial charge in [0.1, 0.15) is 0 Å².